The fraction of sp³-hybridized carbons (Fsp3) is 0.286. The summed E-state index contributed by atoms with van der Waals surface area (Å²) in [7, 11) is 0. The van der Waals surface area contributed by atoms with E-state index in [4.69, 9.17) is 17.3 Å². The van der Waals surface area contributed by atoms with Crippen molar-refractivity contribution >= 4 is 28.6 Å². The lowest BCUT2D eigenvalue weighted by atomic mass is 10.1. The summed E-state index contributed by atoms with van der Waals surface area (Å²) in [6, 6.07) is 7.93. The van der Waals surface area contributed by atoms with Gasteiger partial charge in [-0.3, -0.25) is 4.90 Å². The van der Waals surface area contributed by atoms with Crippen LogP contribution < -0.4 is 5.73 Å². The maximum Gasteiger partial charge on any atom is 0.0452 e. The molecule has 0 bridgehead atoms. The molecule has 2 nitrogen and oxygen atoms in total. The Labute approximate surface area is 116 Å². The summed E-state index contributed by atoms with van der Waals surface area (Å²) >= 11 is 8.08. The topological polar surface area (TPSA) is 29.3 Å². The van der Waals surface area contributed by atoms with E-state index in [0.717, 1.165) is 42.3 Å². The Morgan fingerprint density at radius 2 is 2.22 bits per heavy atom. The Hall–Kier alpha value is -1.03. The van der Waals surface area contributed by atoms with Crippen molar-refractivity contribution < 1.29 is 0 Å². The fourth-order valence-corrected chi connectivity index (χ4v) is 3.47. The quantitative estimate of drug-likeness (QED) is 0.852. The van der Waals surface area contributed by atoms with Crippen molar-refractivity contribution in [1.82, 2.24) is 4.90 Å². The molecule has 18 heavy (non-hydrogen) atoms. The highest BCUT2D eigenvalue weighted by atomic mass is 35.5. The van der Waals surface area contributed by atoms with E-state index in [0.29, 0.717) is 0 Å². The number of benzene rings is 1. The molecule has 1 aliphatic heterocycles. The van der Waals surface area contributed by atoms with Crippen LogP contribution in [0.25, 0.3) is 0 Å². The van der Waals surface area contributed by atoms with E-state index in [2.05, 4.69) is 16.3 Å². The van der Waals surface area contributed by atoms with E-state index in [1.54, 1.807) is 0 Å². The first-order valence-electron chi connectivity index (χ1n) is 6.04. The molecule has 4 heteroatoms. The number of fused-ring (bicyclic) bond motifs is 1. The van der Waals surface area contributed by atoms with Crippen molar-refractivity contribution in [3.8, 4) is 0 Å². The van der Waals surface area contributed by atoms with Gasteiger partial charge in [0.1, 0.15) is 0 Å². The summed E-state index contributed by atoms with van der Waals surface area (Å²) in [6.07, 6.45) is 1.15. The number of nitrogens with zero attached hydrogens (tertiary/aromatic N) is 1. The molecule has 1 aromatic carbocycles. The molecule has 2 heterocycles. The molecule has 0 fully saturated rings. The molecule has 0 saturated heterocycles. The highest BCUT2D eigenvalue weighted by Gasteiger charge is 2.17. The van der Waals surface area contributed by atoms with Gasteiger partial charge in [-0.15, -0.1) is 11.3 Å². The number of rotatable bonds is 2. The molecule has 0 aliphatic carbocycles. The average Bonchev–Trinajstić information content (AvgIpc) is 2.81. The number of thiophene rings is 1. The highest BCUT2D eigenvalue weighted by Crippen LogP contribution is 2.27. The molecule has 1 aliphatic rings. The average molecular weight is 279 g/mol. The Morgan fingerprint density at radius 3 is 3.11 bits per heavy atom. The smallest absolute Gasteiger partial charge is 0.0452 e. The normalized spacial score (nSPS) is 15.6. The largest absolute Gasteiger partial charge is 0.399 e. The Kier molecular flexibility index (Phi) is 3.29. The molecule has 94 valence electrons. The summed E-state index contributed by atoms with van der Waals surface area (Å²) in [5, 5.41) is 2.99. The number of hydrogen-bond acceptors (Lipinski definition) is 3. The van der Waals surface area contributed by atoms with Gasteiger partial charge in [0.2, 0.25) is 0 Å². The lowest BCUT2D eigenvalue weighted by molar-refractivity contribution is 0.247. The second-order valence-electron chi connectivity index (χ2n) is 4.68. The maximum atomic E-state index is 6.21. The lowest BCUT2D eigenvalue weighted by Gasteiger charge is -2.27. The number of nitrogen functional groups attached to an aromatic ring is 1. The summed E-state index contributed by atoms with van der Waals surface area (Å²) in [5.41, 5.74) is 9.18. The van der Waals surface area contributed by atoms with Crippen molar-refractivity contribution in [2.75, 3.05) is 12.3 Å². The van der Waals surface area contributed by atoms with Crippen LogP contribution in [0, 0.1) is 0 Å². The Morgan fingerprint density at radius 1 is 1.33 bits per heavy atom. The molecule has 0 saturated carbocycles. The predicted octanol–water partition coefficient (Wildman–Crippen LogP) is 3.54. The molecular formula is C14H15ClN2S. The first-order valence-corrected chi connectivity index (χ1v) is 7.29. The minimum atomic E-state index is 0.780. The van der Waals surface area contributed by atoms with Crippen LogP contribution in [-0.4, -0.2) is 11.4 Å². The zero-order valence-electron chi connectivity index (χ0n) is 10.0. The van der Waals surface area contributed by atoms with E-state index in [9.17, 15) is 0 Å². The van der Waals surface area contributed by atoms with Gasteiger partial charge in [0, 0.05) is 35.2 Å². The molecule has 0 amide bonds. The van der Waals surface area contributed by atoms with Gasteiger partial charge in [0.15, 0.2) is 0 Å². The second-order valence-corrected chi connectivity index (χ2v) is 6.09. The molecule has 0 spiro atoms. The summed E-state index contributed by atoms with van der Waals surface area (Å²) in [4.78, 5) is 3.96. The number of nitrogens with two attached hydrogens (primary N) is 1. The summed E-state index contributed by atoms with van der Waals surface area (Å²) in [6.45, 7) is 2.99. The first kappa shape index (κ1) is 12.0. The molecular weight excluding hydrogens is 264 g/mol. The Balaban J connectivity index is 1.76. The van der Waals surface area contributed by atoms with Crippen molar-refractivity contribution in [3.63, 3.8) is 0 Å². The monoisotopic (exact) mass is 278 g/mol. The van der Waals surface area contributed by atoms with Crippen molar-refractivity contribution in [3.05, 3.63) is 50.7 Å². The third kappa shape index (κ3) is 2.39. The van der Waals surface area contributed by atoms with Crippen LogP contribution in [0.4, 0.5) is 5.69 Å². The van der Waals surface area contributed by atoms with E-state index in [1.807, 2.05) is 29.5 Å². The zero-order chi connectivity index (χ0) is 12.5. The minimum absolute atomic E-state index is 0.780. The van der Waals surface area contributed by atoms with Gasteiger partial charge in [-0.05, 0) is 47.2 Å². The van der Waals surface area contributed by atoms with E-state index < -0.39 is 0 Å². The third-order valence-electron chi connectivity index (χ3n) is 3.35. The molecule has 0 atom stereocenters. The molecule has 2 N–H and O–H groups in total. The first-order chi connectivity index (χ1) is 8.72. The SMILES string of the molecule is Nc1ccc(Cl)c(CN2CCc3sccc3C2)c1. The molecule has 3 rings (SSSR count). The molecule has 2 aromatic rings. The zero-order valence-corrected chi connectivity index (χ0v) is 11.6. The van der Waals surface area contributed by atoms with Crippen LogP contribution >= 0.6 is 22.9 Å². The lowest BCUT2D eigenvalue weighted by Crippen LogP contribution is -2.29. The van der Waals surface area contributed by atoms with Gasteiger partial charge >= 0.3 is 0 Å². The van der Waals surface area contributed by atoms with Gasteiger partial charge in [-0.2, -0.15) is 0 Å². The van der Waals surface area contributed by atoms with Gasteiger partial charge < -0.3 is 5.73 Å². The van der Waals surface area contributed by atoms with Crippen LogP contribution in [0.1, 0.15) is 16.0 Å². The van der Waals surface area contributed by atoms with Crippen LogP contribution in [0.3, 0.4) is 0 Å². The van der Waals surface area contributed by atoms with Crippen molar-refractivity contribution in [2.24, 2.45) is 0 Å². The van der Waals surface area contributed by atoms with Gasteiger partial charge in [-0.25, -0.2) is 0 Å². The van der Waals surface area contributed by atoms with Gasteiger partial charge in [0.05, 0.1) is 0 Å². The van der Waals surface area contributed by atoms with Crippen LogP contribution in [0.5, 0.6) is 0 Å². The van der Waals surface area contributed by atoms with Crippen molar-refractivity contribution in [1.29, 1.82) is 0 Å². The van der Waals surface area contributed by atoms with Gasteiger partial charge in [-0.1, -0.05) is 11.6 Å². The van der Waals surface area contributed by atoms with Crippen molar-refractivity contribution in [2.45, 2.75) is 19.5 Å². The highest BCUT2D eigenvalue weighted by molar-refractivity contribution is 7.10. The van der Waals surface area contributed by atoms with Crippen LogP contribution in [0.2, 0.25) is 5.02 Å². The van der Waals surface area contributed by atoms with E-state index in [-0.39, 0.29) is 0 Å². The van der Waals surface area contributed by atoms with E-state index >= 15 is 0 Å². The standard InChI is InChI=1S/C14H15ClN2S/c15-13-2-1-12(16)7-11(13)9-17-5-3-14-10(8-17)4-6-18-14/h1-2,4,6-7H,3,5,8-9,16H2. The van der Waals surface area contributed by atoms with Crippen LogP contribution in [-0.2, 0) is 19.5 Å². The van der Waals surface area contributed by atoms with Gasteiger partial charge in [0.25, 0.3) is 0 Å². The van der Waals surface area contributed by atoms with Crippen LogP contribution in [0.15, 0.2) is 29.6 Å². The second kappa shape index (κ2) is 4.92. The molecule has 0 unspecified atom stereocenters. The van der Waals surface area contributed by atoms with E-state index in [1.165, 1.54) is 10.4 Å². The third-order valence-corrected chi connectivity index (χ3v) is 4.74. The number of hydrogen-bond donors (Lipinski definition) is 1. The predicted molar refractivity (Wildman–Crippen MR) is 78.0 cm³/mol. The summed E-state index contributed by atoms with van der Waals surface area (Å²) in [5.74, 6) is 0. The molecule has 0 radical (unpaired) electrons. The molecule has 1 aromatic heterocycles. The summed E-state index contributed by atoms with van der Waals surface area (Å²) < 4.78 is 0. The Bertz CT molecular complexity index is 565. The fourth-order valence-electron chi connectivity index (χ4n) is 2.40. The number of anilines is 1. The minimum Gasteiger partial charge on any atom is -0.399 e. The maximum absolute atomic E-state index is 6.21. The number of halogens is 1.